The van der Waals surface area contributed by atoms with Crippen LogP contribution in [0.15, 0.2) is 66.9 Å². The van der Waals surface area contributed by atoms with Crippen LogP contribution in [0.2, 0.25) is 0 Å². The van der Waals surface area contributed by atoms with Crippen molar-refractivity contribution in [1.29, 1.82) is 0 Å². The Bertz CT molecular complexity index is 765. The van der Waals surface area contributed by atoms with Gasteiger partial charge in [0.2, 0.25) is 0 Å². The summed E-state index contributed by atoms with van der Waals surface area (Å²) < 4.78 is 0. The first-order valence-corrected chi connectivity index (χ1v) is 6.88. The Labute approximate surface area is 127 Å². The van der Waals surface area contributed by atoms with Gasteiger partial charge in [-0.2, -0.15) is 5.10 Å². The third kappa shape index (κ3) is 3.27. The van der Waals surface area contributed by atoms with E-state index in [0.717, 1.165) is 11.1 Å². The average molecular weight is 291 g/mol. The van der Waals surface area contributed by atoms with Gasteiger partial charge in [0.25, 0.3) is 5.91 Å². The molecule has 0 aliphatic carbocycles. The van der Waals surface area contributed by atoms with E-state index in [2.05, 4.69) is 20.7 Å². The van der Waals surface area contributed by atoms with Crippen LogP contribution >= 0.6 is 0 Å². The number of aromatic nitrogens is 3. The highest BCUT2D eigenvalue weighted by atomic mass is 16.1. The third-order valence-corrected chi connectivity index (χ3v) is 3.13. The van der Waals surface area contributed by atoms with Crippen molar-refractivity contribution in [3.63, 3.8) is 0 Å². The molecule has 5 heteroatoms. The smallest absolute Gasteiger partial charge is 0.280 e. The highest BCUT2D eigenvalue weighted by molar-refractivity contribution is 6.28. The molecule has 2 aromatic carbocycles. The Morgan fingerprint density at radius 3 is 2.36 bits per heavy atom. The summed E-state index contributed by atoms with van der Waals surface area (Å²) in [7, 11) is 0. The molecule has 108 valence electrons. The molecule has 5 nitrogen and oxygen atoms in total. The van der Waals surface area contributed by atoms with Crippen LogP contribution in [0.5, 0.6) is 0 Å². The van der Waals surface area contributed by atoms with Crippen LogP contribution in [0.4, 0.5) is 5.82 Å². The van der Waals surface area contributed by atoms with Crippen molar-refractivity contribution in [2.24, 2.45) is 0 Å². The first kappa shape index (κ1) is 13.8. The zero-order valence-corrected chi connectivity index (χ0v) is 11.8. The van der Waals surface area contributed by atoms with E-state index < -0.39 is 0 Å². The molecule has 0 saturated carbocycles. The minimum Gasteiger partial charge on any atom is -0.280 e. The summed E-state index contributed by atoms with van der Waals surface area (Å²) in [5.41, 5.74) is 2.39. The zero-order chi connectivity index (χ0) is 15.2. The molecule has 0 aliphatic heterocycles. The quantitative estimate of drug-likeness (QED) is 0.572. The molecule has 0 fully saturated rings. The molecule has 3 N–H and O–H groups in total. The van der Waals surface area contributed by atoms with Gasteiger partial charge in [-0.3, -0.25) is 10.1 Å². The first-order chi connectivity index (χ1) is 10.8. The van der Waals surface area contributed by atoms with E-state index in [0.29, 0.717) is 11.4 Å². The predicted octanol–water partition coefficient (Wildman–Crippen LogP) is 2.40. The van der Waals surface area contributed by atoms with E-state index in [-0.39, 0.29) is 5.91 Å². The van der Waals surface area contributed by atoms with Crippen molar-refractivity contribution in [2.75, 3.05) is 5.32 Å². The number of nitrogens with one attached hydrogen (secondary N) is 3. The van der Waals surface area contributed by atoms with Gasteiger partial charge in [0, 0.05) is 5.57 Å². The normalized spacial score (nSPS) is 11.2. The largest absolute Gasteiger partial charge is 0.314 e. The molecule has 1 aromatic heterocycles. The predicted molar refractivity (Wildman–Crippen MR) is 84.5 cm³/mol. The van der Waals surface area contributed by atoms with Crippen LogP contribution in [-0.4, -0.2) is 16.2 Å². The fourth-order valence-electron chi connectivity index (χ4n) is 2.09. The number of nitrogens with zero attached hydrogens (tertiary/aromatic N) is 1. The van der Waals surface area contributed by atoms with Crippen LogP contribution in [0.1, 0.15) is 11.1 Å². The Kier molecular flexibility index (Phi) is 4.06. The fourth-order valence-corrected chi connectivity index (χ4v) is 2.09. The van der Waals surface area contributed by atoms with Gasteiger partial charge in [-0.05, 0) is 17.2 Å². The Balaban J connectivity index is 1.96. The van der Waals surface area contributed by atoms with Crippen LogP contribution in [0.3, 0.4) is 0 Å². The molecule has 1 heterocycles. The number of aromatic amines is 2. The van der Waals surface area contributed by atoms with E-state index >= 15 is 0 Å². The highest BCUT2D eigenvalue weighted by Crippen LogP contribution is 2.19. The van der Waals surface area contributed by atoms with Crippen molar-refractivity contribution in [3.8, 4) is 0 Å². The maximum absolute atomic E-state index is 12.6. The Morgan fingerprint density at radius 2 is 1.73 bits per heavy atom. The number of hydrogen-bond donors (Lipinski definition) is 2. The Morgan fingerprint density at radius 1 is 1.05 bits per heavy atom. The lowest BCUT2D eigenvalue weighted by atomic mass is 10.0. The monoisotopic (exact) mass is 291 g/mol. The minimum absolute atomic E-state index is 0.212. The van der Waals surface area contributed by atoms with Crippen molar-refractivity contribution >= 4 is 23.4 Å². The van der Waals surface area contributed by atoms with Crippen molar-refractivity contribution < 1.29 is 9.89 Å². The van der Waals surface area contributed by atoms with E-state index in [4.69, 9.17) is 0 Å². The number of amides is 1. The van der Waals surface area contributed by atoms with Crippen molar-refractivity contribution in [2.45, 2.75) is 0 Å². The highest BCUT2D eigenvalue weighted by Gasteiger charge is 2.15. The number of carbonyl (C=O) groups is 1. The van der Waals surface area contributed by atoms with Crippen molar-refractivity contribution in [3.05, 3.63) is 78.0 Å². The lowest BCUT2D eigenvalue weighted by Crippen LogP contribution is -2.14. The molecule has 3 aromatic rings. The topological polar surface area (TPSA) is 71.9 Å². The molecule has 3 rings (SSSR count). The summed E-state index contributed by atoms with van der Waals surface area (Å²) in [5, 5.41) is 11.9. The number of H-pyrrole nitrogens is 2. The van der Waals surface area contributed by atoms with Gasteiger partial charge in [-0.15, -0.1) is 0 Å². The SMILES string of the molecule is O=C(Nc1c[nH+][nH]n1)C(=Cc1ccccc1)c1ccccc1. The second kappa shape index (κ2) is 6.49. The van der Waals surface area contributed by atoms with E-state index in [1.807, 2.05) is 66.7 Å². The fraction of sp³-hybridized carbons (Fsp3) is 0. The van der Waals surface area contributed by atoms with Crippen LogP contribution in [-0.2, 0) is 4.79 Å². The number of hydrogen-bond acceptors (Lipinski definition) is 2. The molecular weight excluding hydrogens is 276 g/mol. The van der Waals surface area contributed by atoms with Gasteiger partial charge in [-0.1, -0.05) is 65.9 Å². The summed E-state index contributed by atoms with van der Waals surface area (Å²) in [5.74, 6) is 0.232. The molecule has 22 heavy (non-hydrogen) atoms. The molecule has 0 unspecified atom stereocenters. The number of rotatable bonds is 4. The van der Waals surface area contributed by atoms with Crippen LogP contribution in [0.25, 0.3) is 11.6 Å². The van der Waals surface area contributed by atoms with Gasteiger partial charge in [0.05, 0.1) is 5.10 Å². The van der Waals surface area contributed by atoms with Gasteiger partial charge in [0.15, 0.2) is 6.20 Å². The number of benzene rings is 2. The van der Waals surface area contributed by atoms with Gasteiger partial charge in [-0.25, -0.2) is 0 Å². The van der Waals surface area contributed by atoms with Gasteiger partial charge in [0.1, 0.15) is 0 Å². The molecule has 0 aliphatic rings. The molecule has 1 amide bonds. The lowest BCUT2D eigenvalue weighted by molar-refractivity contribution is -0.454. The maximum Gasteiger partial charge on any atom is 0.314 e. The molecule has 0 saturated heterocycles. The third-order valence-electron chi connectivity index (χ3n) is 3.13. The van der Waals surface area contributed by atoms with Gasteiger partial charge >= 0.3 is 5.82 Å². The summed E-state index contributed by atoms with van der Waals surface area (Å²) in [6.45, 7) is 0. The minimum atomic E-state index is -0.212. The summed E-state index contributed by atoms with van der Waals surface area (Å²) in [6.07, 6.45) is 3.45. The molecule has 0 spiro atoms. The molecule has 0 bridgehead atoms. The molecular formula is C17H15N4O+. The number of anilines is 1. The second-order valence-electron chi connectivity index (χ2n) is 4.69. The zero-order valence-electron chi connectivity index (χ0n) is 11.8. The summed E-state index contributed by atoms with van der Waals surface area (Å²) in [4.78, 5) is 12.6. The van der Waals surface area contributed by atoms with Crippen LogP contribution in [0, 0.1) is 0 Å². The van der Waals surface area contributed by atoms with Crippen LogP contribution < -0.4 is 10.4 Å². The second-order valence-corrected chi connectivity index (χ2v) is 4.69. The lowest BCUT2D eigenvalue weighted by Gasteiger charge is -2.06. The van der Waals surface area contributed by atoms with Gasteiger partial charge < -0.3 is 0 Å². The van der Waals surface area contributed by atoms with E-state index in [9.17, 15) is 4.79 Å². The average Bonchev–Trinajstić information content (AvgIpc) is 3.07. The molecule has 0 radical (unpaired) electrons. The van der Waals surface area contributed by atoms with Crippen molar-refractivity contribution in [1.82, 2.24) is 10.3 Å². The maximum atomic E-state index is 12.6. The van der Waals surface area contributed by atoms with E-state index in [1.54, 1.807) is 6.20 Å². The Hall–Kier alpha value is -3.21. The standard InChI is InChI=1S/C17H14N4O/c22-17(19-16-12-18-21-20-16)15(14-9-5-2-6-10-14)11-13-7-3-1-4-8-13/h1-12H,(H2,18,19,20,21,22)/p+1. The van der Waals surface area contributed by atoms with E-state index in [1.165, 1.54) is 0 Å². The summed E-state index contributed by atoms with van der Waals surface area (Å²) in [6, 6.07) is 19.3. The first-order valence-electron chi connectivity index (χ1n) is 6.88. The summed E-state index contributed by atoms with van der Waals surface area (Å²) >= 11 is 0. The molecule has 0 atom stereocenters. The number of carbonyl (C=O) groups excluding carboxylic acids is 1.